The number of nitrogens with one attached hydrogen (secondary N) is 1. The minimum atomic E-state index is -0.699. The minimum Gasteiger partial charge on any atom is -0.272 e. The fourth-order valence-corrected chi connectivity index (χ4v) is 1.31. The predicted molar refractivity (Wildman–Crippen MR) is 70.3 cm³/mol. The fraction of sp³-hybridized carbons (Fsp3) is 0.222. The maximum Gasteiger partial charge on any atom is 0.301 e. The van der Waals surface area contributed by atoms with Crippen molar-refractivity contribution >= 4 is 39.2 Å². The first-order valence-corrected chi connectivity index (χ1v) is 5.94. The molecule has 0 saturated heterocycles. The molecule has 0 aliphatic carbocycles. The summed E-state index contributed by atoms with van der Waals surface area (Å²) >= 11 is 3.20. The molecule has 1 rings (SSSR count). The Kier molecular flexibility index (Phi) is 5.18. The van der Waals surface area contributed by atoms with Gasteiger partial charge in [0.1, 0.15) is 5.69 Å². The molecule has 0 heterocycles. The molecule has 0 unspecified atom stereocenters. The SMILES string of the molecule is O=[N+]([O-])c1ccc(N/N=C/CCBr)c([N+](=O)[O-])c1. The van der Waals surface area contributed by atoms with Crippen molar-refractivity contribution in [3.05, 3.63) is 38.4 Å². The van der Waals surface area contributed by atoms with E-state index in [2.05, 4.69) is 26.5 Å². The van der Waals surface area contributed by atoms with E-state index in [0.717, 1.165) is 11.4 Å². The summed E-state index contributed by atoms with van der Waals surface area (Å²) in [6, 6.07) is 3.32. The molecular weight excluding hydrogens is 308 g/mol. The summed E-state index contributed by atoms with van der Waals surface area (Å²) in [6.45, 7) is 0. The monoisotopic (exact) mass is 316 g/mol. The Labute approximate surface area is 110 Å². The van der Waals surface area contributed by atoms with E-state index >= 15 is 0 Å². The van der Waals surface area contributed by atoms with Gasteiger partial charge in [-0.2, -0.15) is 5.10 Å². The molecule has 9 heteroatoms. The summed E-state index contributed by atoms with van der Waals surface area (Å²) in [5.41, 5.74) is 1.86. The van der Waals surface area contributed by atoms with Crippen LogP contribution in [0.3, 0.4) is 0 Å². The summed E-state index contributed by atoms with van der Waals surface area (Å²) in [4.78, 5) is 19.9. The van der Waals surface area contributed by atoms with Crippen LogP contribution < -0.4 is 5.43 Å². The van der Waals surface area contributed by atoms with Crippen LogP contribution in [0.2, 0.25) is 0 Å². The topological polar surface area (TPSA) is 111 Å². The van der Waals surface area contributed by atoms with E-state index in [9.17, 15) is 20.2 Å². The molecule has 1 aromatic carbocycles. The number of nitro groups is 2. The second-order valence-electron chi connectivity index (χ2n) is 3.12. The maximum absolute atomic E-state index is 10.8. The number of hydrogen-bond acceptors (Lipinski definition) is 6. The molecule has 1 aromatic rings. The van der Waals surface area contributed by atoms with Gasteiger partial charge in [-0.25, -0.2) is 0 Å². The van der Waals surface area contributed by atoms with Gasteiger partial charge in [-0.05, 0) is 12.5 Å². The van der Waals surface area contributed by atoms with Gasteiger partial charge in [0.05, 0.1) is 15.9 Å². The minimum absolute atomic E-state index is 0.108. The number of hydrazone groups is 1. The average molecular weight is 317 g/mol. The van der Waals surface area contributed by atoms with Crippen LogP contribution >= 0.6 is 15.9 Å². The molecule has 0 bridgehead atoms. The second kappa shape index (κ2) is 6.64. The number of rotatable bonds is 6. The van der Waals surface area contributed by atoms with Gasteiger partial charge < -0.3 is 0 Å². The van der Waals surface area contributed by atoms with Gasteiger partial charge in [0.25, 0.3) is 5.69 Å². The number of hydrogen-bond donors (Lipinski definition) is 1. The second-order valence-corrected chi connectivity index (χ2v) is 3.91. The molecule has 0 spiro atoms. The van der Waals surface area contributed by atoms with E-state index in [-0.39, 0.29) is 17.1 Å². The summed E-state index contributed by atoms with van der Waals surface area (Å²) < 4.78 is 0. The molecule has 0 aromatic heterocycles. The number of anilines is 1. The van der Waals surface area contributed by atoms with E-state index < -0.39 is 9.85 Å². The number of halogens is 1. The third kappa shape index (κ3) is 3.77. The van der Waals surface area contributed by atoms with Crippen LogP contribution in [0, 0.1) is 20.2 Å². The lowest BCUT2D eigenvalue weighted by atomic mass is 10.2. The largest absolute Gasteiger partial charge is 0.301 e. The zero-order valence-electron chi connectivity index (χ0n) is 9.08. The number of benzene rings is 1. The van der Waals surface area contributed by atoms with E-state index in [4.69, 9.17) is 0 Å². The zero-order valence-corrected chi connectivity index (χ0v) is 10.7. The van der Waals surface area contributed by atoms with Crippen LogP contribution in [0.1, 0.15) is 6.42 Å². The lowest BCUT2D eigenvalue weighted by molar-refractivity contribution is -0.393. The van der Waals surface area contributed by atoms with Gasteiger partial charge >= 0.3 is 5.69 Å². The molecule has 0 aliphatic rings. The third-order valence-corrected chi connectivity index (χ3v) is 2.36. The molecule has 0 radical (unpaired) electrons. The Morgan fingerprint density at radius 3 is 2.61 bits per heavy atom. The molecule has 0 fully saturated rings. The average Bonchev–Trinajstić information content (AvgIpc) is 2.34. The number of nitro benzene ring substituents is 2. The molecule has 96 valence electrons. The van der Waals surface area contributed by atoms with Crippen molar-refractivity contribution < 1.29 is 9.85 Å². The van der Waals surface area contributed by atoms with Crippen molar-refractivity contribution in [2.45, 2.75) is 6.42 Å². The molecular formula is C9H9BrN4O4. The first-order valence-electron chi connectivity index (χ1n) is 4.82. The normalized spacial score (nSPS) is 10.5. The number of non-ortho nitro benzene ring substituents is 1. The number of alkyl halides is 1. The van der Waals surface area contributed by atoms with Crippen LogP contribution in [-0.4, -0.2) is 21.4 Å². The third-order valence-electron chi connectivity index (χ3n) is 1.90. The Balaban J connectivity index is 2.97. The Morgan fingerprint density at radius 1 is 1.33 bits per heavy atom. The smallest absolute Gasteiger partial charge is 0.272 e. The molecule has 8 nitrogen and oxygen atoms in total. The van der Waals surface area contributed by atoms with Crippen LogP contribution in [0.5, 0.6) is 0 Å². The molecule has 0 saturated carbocycles. The van der Waals surface area contributed by atoms with Crippen LogP contribution in [0.15, 0.2) is 23.3 Å². The van der Waals surface area contributed by atoms with E-state index in [1.807, 2.05) is 0 Å². The van der Waals surface area contributed by atoms with E-state index in [1.54, 1.807) is 6.21 Å². The van der Waals surface area contributed by atoms with Gasteiger partial charge in [-0.1, -0.05) is 15.9 Å². The quantitative estimate of drug-likeness (QED) is 0.375. The van der Waals surface area contributed by atoms with Gasteiger partial charge in [-0.3, -0.25) is 25.7 Å². The summed E-state index contributed by atoms with van der Waals surface area (Å²) in [7, 11) is 0. The van der Waals surface area contributed by atoms with Crippen molar-refractivity contribution in [3.63, 3.8) is 0 Å². The Morgan fingerprint density at radius 2 is 2.06 bits per heavy atom. The lowest BCUT2D eigenvalue weighted by Crippen LogP contribution is -1.98. The van der Waals surface area contributed by atoms with Gasteiger partial charge in [0.15, 0.2) is 0 Å². The zero-order chi connectivity index (χ0) is 13.5. The van der Waals surface area contributed by atoms with Crippen molar-refractivity contribution in [2.75, 3.05) is 10.8 Å². The predicted octanol–water partition coefficient (Wildman–Crippen LogP) is 2.69. The highest BCUT2D eigenvalue weighted by atomic mass is 79.9. The highest BCUT2D eigenvalue weighted by molar-refractivity contribution is 9.09. The van der Waals surface area contributed by atoms with Gasteiger partial charge in [0.2, 0.25) is 0 Å². The summed E-state index contributed by atoms with van der Waals surface area (Å²) in [5, 5.41) is 25.8. The van der Waals surface area contributed by atoms with E-state index in [0.29, 0.717) is 6.42 Å². The highest BCUT2D eigenvalue weighted by Crippen LogP contribution is 2.28. The van der Waals surface area contributed by atoms with Crippen molar-refractivity contribution in [3.8, 4) is 0 Å². The van der Waals surface area contributed by atoms with Crippen LogP contribution in [0.4, 0.5) is 17.1 Å². The maximum atomic E-state index is 10.8. The standard InChI is InChI=1S/C9H9BrN4O4/c10-4-1-5-11-12-8-3-2-7(13(15)16)6-9(8)14(17)18/h2-3,5-6,12H,1,4H2/b11-5+. The summed E-state index contributed by atoms with van der Waals surface area (Å²) in [5.74, 6) is 0. The molecule has 0 amide bonds. The Hall–Kier alpha value is -2.03. The van der Waals surface area contributed by atoms with Crippen LogP contribution in [-0.2, 0) is 0 Å². The molecule has 18 heavy (non-hydrogen) atoms. The molecule has 0 aliphatic heterocycles. The summed E-state index contributed by atoms with van der Waals surface area (Å²) in [6.07, 6.45) is 2.20. The van der Waals surface area contributed by atoms with Crippen molar-refractivity contribution in [1.82, 2.24) is 0 Å². The van der Waals surface area contributed by atoms with Crippen LogP contribution in [0.25, 0.3) is 0 Å². The first kappa shape index (κ1) is 14.0. The molecule has 1 N–H and O–H groups in total. The van der Waals surface area contributed by atoms with Crippen molar-refractivity contribution in [1.29, 1.82) is 0 Å². The van der Waals surface area contributed by atoms with Gasteiger partial charge in [-0.15, -0.1) is 0 Å². The van der Waals surface area contributed by atoms with Crippen molar-refractivity contribution in [2.24, 2.45) is 5.10 Å². The van der Waals surface area contributed by atoms with Gasteiger partial charge in [0, 0.05) is 17.6 Å². The first-order chi connectivity index (χ1) is 8.56. The fourth-order valence-electron chi connectivity index (χ4n) is 1.11. The molecule has 0 atom stereocenters. The Bertz CT molecular complexity index is 491. The lowest BCUT2D eigenvalue weighted by Gasteiger charge is -2.01. The van der Waals surface area contributed by atoms with E-state index in [1.165, 1.54) is 12.1 Å². The number of nitrogens with zero attached hydrogens (tertiary/aromatic N) is 3. The highest BCUT2D eigenvalue weighted by Gasteiger charge is 2.18.